The summed E-state index contributed by atoms with van der Waals surface area (Å²) in [5.74, 6) is -8.50. The minimum atomic E-state index is -4.72. The second kappa shape index (κ2) is 51.8. The van der Waals surface area contributed by atoms with Gasteiger partial charge in [0, 0.05) is 57.9 Å². The molecule has 0 unspecified atom stereocenters. The van der Waals surface area contributed by atoms with Crippen molar-refractivity contribution >= 4 is 118 Å². The monoisotopic (exact) mass is 1930 g/mol. The van der Waals surface area contributed by atoms with E-state index in [0.29, 0.717) is 78.1 Å². The molecule has 11 rings (SSSR count). The number of aryl methyl sites for hydroxylation is 1. The van der Waals surface area contributed by atoms with Crippen molar-refractivity contribution in [3.8, 4) is 0 Å². The lowest BCUT2D eigenvalue weighted by Gasteiger charge is -2.40. The molecule has 27 nitrogen and oxygen atoms in total. The van der Waals surface area contributed by atoms with Gasteiger partial charge in [0.1, 0.15) is 18.0 Å². The number of benzene rings is 8. The number of carbonyl (C=O) groups excluding carboxylic acids is 10. The number of halogens is 6. The van der Waals surface area contributed by atoms with Crippen LogP contribution in [0.1, 0.15) is 216 Å². The van der Waals surface area contributed by atoms with Gasteiger partial charge in [0.15, 0.2) is 17.3 Å². The summed E-state index contributed by atoms with van der Waals surface area (Å²) in [5, 5.41) is 111. The maximum absolute atomic E-state index is 13.9. The van der Waals surface area contributed by atoms with Crippen molar-refractivity contribution < 1.29 is 125 Å². The molecule has 0 saturated heterocycles. The molecule has 0 bridgehead atoms. The molecule has 38 heteroatoms. The third kappa shape index (κ3) is 37.2. The largest absolute Gasteiger partial charge is 0.475 e. The van der Waals surface area contributed by atoms with Crippen molar-refractivity contribution in [2.75, 3.05) is 0 Å². The topological polar surface area (TPSA) is 452 Å². The standard InChI is InChI=1S/C22H25BF3NO4.C21H26BNO5.C20H20BClFNO4.C19H28BNO5.C17H23BClNO4/c1-14-8-10-15(11-9-14)12-16(23(30)31)13-19(28)21(2,3)27-20(29)17-6-4-5-7-18(17)22(24,25)26;1-21(2,14-19(24)28-15-17-11-7-4-8-12-17)20(25)23-18(22(26)27)13-16-9-5-3-6-10-16;22-16-7-5-13(6-8-16)19(26)24-20(9-10-20)18(25)12-15(21(27)28)11-14-3-1-2-4-17(14)23;1-18(2,3)26-16(22)13-19(10-7-11-19)17(23)21-15(20(24)25)12-14-8-5-4-6-9-14;1-11(2)9-13(18(23)24)10-15(21)17(7-8-17)20-16(22)12-3-5-14(19)6-4-12/h4-11,16,30-31H,12-13H2,1-3H3,(H,27,29);3-12,18,26-27H,13-15H2,1-2H3,(H,23,25);1-8,15,27-28H,9-12H2,(H,24,26);4-6,8-9,15,24-25H,7,10-13H2,1-3H3,(H,21,23);3-6,11,13,23-24H,7-10H2,1-2H3,(H,20,22)/t16-;18-;2*15-;13-/m10101/s1. The minimum Gasteiger partial charge on any atom is -0.461 e. The molecule has 0 spiro atoms. The van der Waals surface area contributed by atoms with Crippen LogP contribution in [0, 0.1) is 29.5 Å². The number of alkyl halides is 3. The first-order valence-corrected chi connectivity index (χ1v) is 46.0. The van der Waals surface area contributed by atoms with Gasteiger partial charge in [-0.05, 0) is 213 Å². The van der Waals surface area contributed by atoms with Crippen molar-refractivity contribution in [2.45, 2.75) is 243 Å². The van der Waals surface area contributed by atoms with E-state index in [2.05, 4.69) is 26.6 Å². The van der Waals surface area contributed by atoms with E-state index in [1.807, 2.05) is 136 Å². The first kappa shape index (κ1) is 113. The molecular weight excluding hydrogens is 1810 g/mol. The van der Waals surface area contributed by atoms with Gasteiger partial charge in [-0.15, -0.1) is 0 Å². The van der Waals surface area contributed by atoms with Crippen LogP contribution in [0.4, 0.5) is 17.6 Å². The number of hydrogen-bond donors (Lipinski definition) is 15. The molecule has 0 heterocycles. The van der Waals surface area contributed by atoms with Crippen molar-refractivity contribution in [1.29, 1.82) is 0 Å². The third-order valence-corrected chi connectivity index (χ3v) is 24.1. The molecule has 3 fully saturated rings. The lowest BCUT2D eigenvalue weighted by atomic mass is 9.65. The highest BCUT2D eigenvalue weighted by molar-refractivity contribution is 6.45. The van der Waals surface area contributed by atoms with Crippen LogP contribution in [-0.4, -0.2) is 179 Å². The highest BCUT2D eigenvalue weighted by Gasteiger charge is 2.54. The molecule has 3 saturated carbocycles. The summed E-state index contributed by atoms with van der Waals surface area (Å²) >= 11 is 11.6. The van der Waals surface area contributed by atoms with E-state index in [4.69, 9.17) is 32.7 Å². The van der Waals surface area contributed by atoms with Crippen LogP contribution in [0.15, 0.2) is 212 Å². The van der Waals surface area contributed by atoms with Gasteiger partial charge in [0.2, 0.25) is 11.8 Å². The SMILES string of the molecule is CC(C)(C)OC(=O)CC1(C(=O)N[C@@H](Cc2ccccc2)B(O)O)CCC1.CC(C)(CC(=O)OCc1ccccc1)C(=O)N[C@@H](Cc1ccccc1)B(O)O.CC(C)C[C@H](CC(=O)C1(NC(=O)c2ccc(Cl)cc2)CC1)B(O)O.Cc1ccc(C[C@H](CC(=O)C(C)(C)NC(=O)c2ccccc2C(F)(F)F)B(O)O)cc1.O=C(NC1(C(=O)C[C@@H](Cc2ccccc2F)B(O)O)CC1)c1ccc(Cl)cc1. The first-order valence-electron chi connectivity index (χ1n) is 45.2. The van der Waals surface area contributed by atoms with Gasteiger partial charge < -0.3 is 86.3 Å². The summed E-state index contributed by atoms with van der Waals surface area (Å²) in [6, 6.07) is 58.3. The average Bonchev–Trinajstić information content (AvgIpc) is 1.69. The highest BCUT2D eigenvalue weighted by Crippen LogP contribution is 2.46. The first-order chi connectivity index (χ1) is 64.2. The Bertz CT molecular complexity index is 5290. The van der Waals surface area contributed by atoms with Crippen LogP contribution in [0.3, 0.4) is 0 Å². The van der Waals surface area contributed by atoms with E-state index in [9.17, 15) is 116 Å². The lowest BCUT2D eigenvalue weighted by Crippen LogP contribution is -2.55. The Balaban J connectivity index is 0.000000234. The summed E-state index contributed by atoms with van der Waals surface area (Å²) in [6.45, 7) is 17.3. The quantitative estimate of drug-likeness (QED) is 0.00963. The fraction of sp³-hybridized carbons (Fsp3) is 0.414. The zero-order valence-electron chi connectivity index (χ0n) is 78.4. The number of amides is 5. The summed E-state index contributed by atoms with van der Waals surface area (Å²) in [4.78, 5) is 125. The van der Waals surface area contributed by atoms with Gasteiger partial charge >= 0.3 is 53.7 Å². The Morgan fingerprint density at radius 3 is 1.31 bits per heavy atom. The lowest BCUT2D eigenvalue weighted by molar-refractivity contribution is -0.163. The van der Waals surface area contributed by atoms with E-state index in [1.54, 1.807) is 101 Å². The molecule has 0 aromatic heterocycles. The molecule has 8 aromatic rings. The zero-order valence-corrected chi connectivity index (χ0v) is 79.9. The van der Waals surface area contributed by atoms with Crippen LogP contribution >= 0.6 is 23.2 Å². The fourth-order valence-corrected chi connectivity index (χ4v) is 15.3. The van der Waals surface area contributed by atoms with Crippen molar-refractivity contribution in [2.24, 2.45) is 16.7 Å². The summed E-state index contributed by atoms with van der Waals surface area (Å²) in [5.41, 5.74) is -1.95. The number of Topliss-reactive ketones (excluding diaryl/α,β-unsaturated/α-hetero) is 3. The zero-order chi connectivity index (χ0) is 102. The van der Waals surface area contributed by atoms with Crippen LogP contribution in [0.5, 0.6) is 0 Å². The summed E-state index contributed by atoms with van der Waals surface area (Å²) in [7, 11) is -8.48. The Labute approximate surface area is 808 Å². The van der Waals surface area contributed by atoms with E-state index < -0.39 is 157 Å². The number of ketones is 3. The maximum atomic E-state index is 13.9. The predicted octanol–water partition coefficient (Wildman–Crippen LogP) is 12.3. The summed E-state index contributed by atoms with van der Waals surface area (Å²) in [6.07, 6.45) is 0.293. The highest BCUT2D eigenvalue weighted by atomic mass is 35.5. The van der Waals surface area contributed by atoms with Gasteiger partial charge in [-0.25, -0.2) is 4.39 Å². The maximum Gasteiger partial charge on any atom is 0.475 e. The Kier molecular flexibility index (Phi) is 42.8. The average molecular weight is 1940 g/mol. The molecule has 3 aliphatic carbocycles. The second-order valence-electron chi connectivity index (χ2n) is 37.7. The minimum absolute atomic E-state index is 0.00961. The van der Waals surface area contributed by atoms with Gasteiger partial charge in [-0.3, -0.25) is 47.9 Å². The number of rotatable bonds is 40. The molecule has 732 valence electrons. The van der Waals surface area contributed by atoms with Gasteiger partial charge in [0.05, 0.1) is 63.3 Å². The number of ether oxygens (including phenoxy) is 2. The normalized spacial score (nSPS) is 14.7. The van der Waals surface area contributed by atoms with Crippen LogP contribution < -0.4 is 26.6 Å². The molecule has 0 aliphatic heterocycles. The number of carbonyl (C=O) groups is 10. The van der Waals surface area contributed by atoms with Crippen molar-refractivity contribution in [3.05, 3.63) is 284 Å². The molecule has 8 aromatic carbocycles. The second-order valence-corrected chi connectivity index (χ2v) is 38.6. The molecule has 3 aliphatic rings. The van der Waals surface area contributed by atoms with Gasteiger partial charge in [-0.1, -0.05) is 208 Å². The fourth-order valence-electron chi connectivity index (χ4n) is 15.0. The molecule has 5 atom stereocenters. The molecule has 0 radical (unpaired) electrons. The van der Waals surface area contributed by atoms with E-state index in [0.717, 1.165) is 46.4 Å². The van der Waals surface area contributed by atoms with Crippen LogP contribution in [-0.2, 0) is 81.5 Å². The number of esters is 2. The predicted molar refractivity (Wildman–Crippen MR) is 516 cm³/mol. The van der Waals surface area contributed by atoms with Crippen molar-refractivity contribution in [3.63, 3.8) is 0 Å². The van der Waals surface area contributed by atoms with Gasteiger partial charge in [-0.2, -0.15) is 13.2 Å². The van der Waals surface area contributed by atoms with Crippen LogP contribution in [0.25, 0.3) is 0 Å². The van der Waals surface area contributed by atoms with E-state index in [-0.39, 0.29) is 87.3 Å². The number of hydrogen-bond acceptors (Lipinski definition) is 22. The Hall–Kier alpha value is -10.7. The van der Waals surface area contributed by atoms with Crippen molar-refractivity contribution in [1.82, 2.24) is 26.6 Å². The van der Waals surface area contributed by atoms with Gasteiger partial charge in [0.25, 0.3) is 17.7 Å². The smallest absolute Gasteiger partial charge is 0.461 e. The summed E-state index contributed by atoms with van der Waals surface area (Å²) < 4.78 is 64.0. The van der Waals surface area contributed by atoms with E-state index in [1.165, 1.54) is 32.0 Å². The molecule has 5 amide bonds. The number of nitrogens with one attached hydrogen (secondary N) is 5. The molecule has 15 N–H and O–H groups in total. The molecule has 137 heavy (non-hydrogen) atoms. The Morgan fingerprint density at radius 2 is 0.883 bits per heavy atom. The third-order valence-electron chi connectivity index (χ3n) is 23.6. The van der Waals surface area contributed by atoms with E-state index >= 15 is 0 Å². The van der Waals surface area contributed by atoms with Crippen LogP contribution in [0.2, 0.25) is 27.5 Å². The molecular formula is C99H122B5Cl2F4N5O22. The Morgan fingerprint density at radius 1 is 0.460 bits per heavy atom.